The summed E-state index contributed by atoms with van der Waals surface area (Å²) in [6.07, 6.45) is 2.10. The van der Waals surface area contributed by atoms with Crippen molar-refractivity contribution in [1.29, 1.82) is 0 Å². The van der Waals surface area contributed by atoms with Gasteiger partial charge in [-0.3, -0.25) is 9.79 Å². The van der Waals surface area contributed by atoms with Crippen molar-refractivity contribution in [2.75, 3.05) is 26.9 Å². The zero-order valence-corrected chi connectivity index (χ0v) is 17.5. The second kappa shape index (κ2) is 10.7. The van der Waals surface area contributed by atoms with Gasteiger partial charge in [-0.15, -0.1) is 24.0 Å². The average molecular weight is 450 g/mol. The van der Waals surface area contributed by atoms with Crippen LogP contribution in [-0.4, -0.2) is 43.5 Å². The van der Waals surface area contributed by atoms with E-state index < -0.39 is 0 Å². The van der Waals surface area contributed by atoms with Gasteiger partial charge in [0, 0.05) is 37.5 Å². The third-order valence-electron chi connectivity index (χ3n) is 3.36. The fourth-order valence-corrected chi connectivity index (χ4v) is 1.91. The SMILES string of the molecule is CN=C(NCc1ccc(C(=O)NC)cc1)NCC(C)(C)SC.I. The molecule has 0 spiro atoms. The Morgan fingerprint density at radius 3 is 2.30 bits per heavy atom. The van der Waals surface area contributed by atoms with Crippen LogP contribution in [0.5, 0.6) is 0 Å². The summed E-state index contributed by atoms with van der Waals surface area (Å²) in [5.41, 5.74) is 1.76. The molecule has 0 aliphatic rings. The van der Waals surface area contributed by atoms with Crippen molar-refractivity contribution in [3.8, 4) is 0 Å². The molecule has 1 aromatic rings. The van der Waals surface area contributed by atoms with Gasteiger partial charge in [0.15, 0.2) is 5.96 Å². The van der Waals surface area contributed by atoms with E-state index in [4.69, 9.17) is 0 Å². The lowest BCUT2D eigenvalue weighted by Crippen LogP contribution is -2.42. The van der Waals surface area contributed by atoms with Crippen molar-refractivity contribution < 1.29 is 4.79 Å². The van der Waals surface area contributed by atoms with Crippen LogP contribution in [0.15, 0.2) is 29.3 Å². The molecule has 0 aliphatic carbocycles. The predicted molar refractivity (Wildman–Crippen MR) is 111 cm³/mol. The van der Waals surface area contributed by atoms with Gasteiger partial charge in [-0.2, -0.15) is 11.8 Å². The predicted octanol–water partition coefficient (Wildman–Crippen LogP) is 2.47. The van der Waals surface area contributed by atoms with E-state index >= 15 is 0 Å². The highest BCUT2D eigenvalue weighted by Crippen LogP contribution is 2.19. The standard InChI is InChI=1S/C16H26N4OS.HI/c1-16(2,22-5)11-20-15(18-4)19-10-12-6-8-13(9-7-12)14(21)17-3;/h6-9H,10-11H2,1-5H3,(H,17,21)(H2,18,19,20);1H. The zero-order valence-electron chi connectivity index (χ0n) is 14.4. The largest absolute Gasteiger partial charge is 0.355 e. The third-order valence-corrected chi connectivity index (χ3v) is 4.61. The topological polar surface area (TPSA) is 65.5 Å². The van der Waals surface area contributed by atoms with E-state index in [1.54, 1.807) is 14.1 Å². The molecule has 0 saturated heterocycles. The van der Waals surface area contributed by atoms with E-state index in [2.05, 4.69) is 41.0 Å². The molecule has 0 fully saturated rings. The monoisotopic (exact) mass is 450 g/mol. The maximum absolute atomic E-state index is 11.5. The highest BCUT2D eigenvalue weighted by atomic mass is 127. The number of amides is 1. The minimum atomic E-state index is -0.0729. The lowest BCUT2D eigenvalue weighted by Gasteiger charge is -2.23. The van der Waals surface area contributed by atoms with Gasteiger partial charge >= 0.3 is 0 Å². The van der Waals surface area contributed by atoms with Crippen LogP contribution < -0.4 is 16.0 Å². The van der Waals surface area contributed by atoms with E-state index in [9.17, 15) is 4.79 Å². The molecular formula is C16H27IN4OS. The Balaban J connectivity index is 0.00000484. The number of thioether (sulfide) groups is 1. The van der Waals surface area contributed by atoms with Crippen molar-refractivity contribution in [1.82, 2.24) is 16.0 Å². The van der Waals surface area contributed by atoms with Crippen LogP contribution in [0.1, 0.15) is 29.8 Å². The van der Waals surface area contributed by atoms with E-state index in [0.717, 1.165) is 18.1 Å². The van der Waals surface area contributed by atoms with Crippen molar-refractivity contribution >= 4 is 47.6 Å². The first-order valence-electron chi connectivity index (χ1n) is 7.22. The number of aliphatic imine (C=N–C) groups is 1. The van der Waals surface area contributed by atoms with E-state index in [0.29, 0.717) is 12.1 Å². The molecule has 23 heavy (non-hydrogen) atoms. The first kappa shape index (κ1) is 22.0. The van der Waals surface area contributed by atoms with Gasteiger partial charge in [-0.05, 0) is 37.8 Å². The lowest BCUT2D eigenvalue weighted by molar-refractivity contribution is 0.0963. The summed E-state index contributed by atoms with van der Waals surface area (Å²) in [6.45, 7) is 5.88. The minimum absolute atomic E-state index is 0. The van der Waals surface area contributed by atoms with Crippen LogP contribution in [0, 0.1) is 0 Å². The number of carbonyl (C=O) groups is 1. The first-order chi connectivity index (χ1) is 10.4. The molecular weight excluding hydrogens is 423 g/mol. The number of benzene rings is 1. The van der Waals surface area contributed by atoms with E-state index in [-0.39, 0.29) is 34.6 Å². The number of hydrogen-bond acceptors (Lipinski definition) is 3. The maximum atomic E-state index is 11.5. The Bertz CT molecular complexity index is 517. The fourth-order valence-electron chi connectivity index (χ4n) is 1.69. The molecule has 7 heteroatoms. The van der Waals surface area contributed by atoms with Crippen LogP contribution in [-0.2, 0) is 6.54 Å². The number of nitrogens with one attached hydrogen (secondary N) is 3. The Labute approximate surface area is 160 Å². The van der Waals surface area contributed by atoms with Crippen LogP contribution in [0.2, 0.25) is 0 Å². The van der Waals surface area contributed by atoms with Crippen molar-refractivity contribution in [3.63, 3.8) is 0 Å². The first-order valence-corrected chi connectivity index (χ1v) is 8.45. The Morgan fingerprint density at radius 1 is 1.22 bits per heavy atom. The number of hydrogen-bond donors (Lipinski definition) is 3. The molecule has 1 rings (SSSR count). The Hall–Kier alpha value is -0.960. The van der Waals surface area contributed by atoms with Crippen LogP contribution >= 0.6 is 35.7 Å². The fraction of sp³-hybridized carbons (Fsp3) is 0.500. The average Bonchev–Trinajstić information content (AvgIpc) is 2.54. The van der Waals surface area contributed by atoms with Gasteiger partial charge in [0.05, 0.1) is 0 Å². The van der Waals surface area contributed by atoms with E-state index in [1.807, 2.05) is 36.0 Å². The quantitative estimate of drug-likeness (QED) is 0.354. The summed E-state index contributed by atoms with van der Waals surface area (Å²) >= 11 is 1.82. The smallest absolute Gasteiger partial charge is 0.251 e. The van der Waals surface area contributed by atoms with Gasteiger partial charge < -0.3 is 16.0 Å². The summed E-state index contributed by atoms with van der Waals surface area (Å²) in [4.78, 5) is 15.7. The molecule has 5 nitrogen and oxygen atoms in total. The van der Waals surface area contributed by atoms with Crippen LogP contribution in [0.4, 0.5) is 0 Å². The molecule has 0 unspecified atom stereocenters. The molecule has 3 N–H and O–H groups in total. The second-order valence-electron chi connectivity index (χ2n) is 5.52. The molecule has 1 amide bonds. The molecule has 0 atom stereocenters. The van der Waals surface area contributed by atoms with Gasteiger partial charge in [-0.1, -0.05) is 12.1 Å². The van der Waals surface area contributed by atoms with Crippen molar-refractivity contribution in [3.05, 3.63) is 35.4 Å². The van der Waals surface area contributed by atoms with Crippen molar-refractivity contribution in [2.24, 2.45) is 4.99 Å². The summed E-state index contributed by atoms with van der Waals surface area (Å²) < 4.78 is 0.160. The minimum Gasteiger partial charge on any atom is -0.355 e. The van der Waals surface area contributed by atoms with Gasteiger partial charge in [0.1, 0.15) is 0 Å². The zero-order chi connectivity index (χ0) is 16.6. The summed E-state index contributed by atoms with van der Waals surface area (Å²) in [7, 11) is 3.39. The highest BCUT2D eigenvalue weighted by Gasteiger charge is 2.16. The van der Waals surface area contributed by atoms with Gasteiger partial charge in [-0.25, -0.2) is 0 Å². The molecule has 0 saturated carbocycles. The third kappa shape index (κ3) is 7.92. The van der Waals surface area contributed by atoms with Gasteiger partial charge in [0.25, 0.3) is 5.91 Å². The molecule has 1 aromatic carbocycles. The molecule has 0 heterocycles. The van der Waals surface area contributed by atoms with Gasteiger partial charge in [0.2, 0.25) is 0 Å². The number of halogens is 1. The lowest BCUT2D eigenvalue weighted by atomic mass is 10.1. The molecule has 130 valence electrons. The molecule has 0 aliphatic heterocycles. The molecule has 0 bridgehead atoms. The number of guanidine groups is 1. The summed E-state index contributed by atoms with van der Waals surface area (Å²) in [6, 6.07) is 7.53. The van der Waals surface area contributed by atoms with Crippen LogP contribution in [0.25, 0.3) is 0 Å². The highest BCUT2D eigenvalue weighted by molar-refractivity contribution is 14.0. The number of carbonyl (C=O) groups excluding carboxylic acids is 1. The van der Waals surface area contributed by atoms with E-state index in [1.165, 1.54) is 0 Å². The molecule has 0 aromatic heterocycles. The number of nitrogens with zero attached hydrogens (tertiary/aromatic N) is 1. The normalized spacial score (nSPS) is 11.4. The summed E-state index contributed by atoms with van der Waals surface area (Å²) in [5.74, 6) is 0.703. The molecule has 0 radical (unpaired) electrons. The Morgan fingerprint density at radius 2 is 1.83 bits per heavy atom. The maximum Gasteiger partial charge on any atom is 0.251 e. The number of rotatable bonds is 6. The Kier molecular flexibility index (Phi) is 10.3. The van der Waals surface area contributed by atoms with Crippen LogP contribution in [0.3, 0.4) is 0 Å². The summed E-state index contributed by atoms with van der Waals surface area (Å²) in [5, 5.41) is 9.21. The van der Waals surface area contributed by atoms with Crippen molar-refractivity contribution in [2.45, 2.75) is 25.1 Å². The second-order valence-corrected chi connectivity index (χ2v) is 7.03.